The number of hydrogen-bond acceptors (Lipinski definition) is 2. The van der Waals surface area contributed by atoms with Crippen LogP contribution in [0.3, 0.4) is 0 Å². The zero-order valence-corrected chi connectivity index (χ0v) is 12.2. The molecule has 2 aromatic rings. The van der Waals surface area contributed by atoms with E-state index in [4.69, 9.17) is 5.73 Å². The highest BCUT2D eigenvalue weighted by molar-refractivity contribution is 6.06. The molecule has 0 spiro atoms. The van der Waals surface area contributed by atoms with Crippen LogP contribution in [0.1, 0.15) is 34.0 Å². The van der Waals surface area contributed by atoms with Crippen molar-refractivity contribution < 1.29 is 4.79 Å². The maximum Gasteiger partial charge on any atom is 0.255 e. The summed E-state index contributed by atoms with van der Waals surface area (Å²) in [6.07, 6.45) is 0.964. The van der Waals surface area contributed by atoms with Crippen molar-refractivity contribution in [2.24, 2.45) is 0 Å². The number of hydrogen-bond donors (Lipinski definition) is 2. The number of nitrogens with two attached hydrogens (primary N) is 1. The van der Waals surface area contributed by atoms with Gasteiger partial charge in [0.2, 0.25) is 0 Å². The van der Waals surface area contributed by atoms with Crippen LogP contribution in [0, 0.1) is 13.8 Å². The van der Waals surface area contributed by atoms with Crippen molar-refractivity contribution in [2.75, 3.05) is 11.1 Å². The van der Waals surface area contributed by atoms with Crippen LogP contribution in [0.2, 0.25) is 0 Å². The molecule has 0 bridgehead atoms. The summed E-state index contributed by atoms with van der Waals surface area (Å²) in [5.74, 6) is -0.133. The van der Waals surface area contributed by atoms with E-state index in [1.54, 1.807) is 0 Å². The molecule has 0 saturated carbocycles. The minimum Gasteiger partial charge on any atom is -0.397 e. The molecule has 104 valence electrons. The van der Waals surface area contributed by atoms with E-state index in [9.17, 15) is 4.79 Å². The van der Waals surface area contributed by atoms with Gasteiger partial charge in [-0.25, -0.2) is 0 Å². The van der Waals surface area contributed by atoms with Gasteiger partial charge >= 0.3 is 0 Å². The van der Waals surface area contributed by atoms with Crippen LogP contribution in [0.25, 0.3) is 0 Å². The van der Waals surface area contributed by atoms with Crippen LogP contribution >= 0.6 is 0 Å². The summed E-state index contributed by atoms with van der Waals surface area (Å²) in [4.78, 5) is 12.2. The molecule has 0 fully saturated rings. The van der Waals surface area contributed by atoms with Crippen LogP contribution in [-0.4, -0.2) is 5.91 Å². The average molecular weight is 268 g/mol. The van der Waals surface area contributed by atoms with E-state index in [0.29, 0.717) is 16.9 Å². The molecule has 1 amide bonds. The molecule has 3 nitrogen and oxygen atoms in total. The van der Waals surface area contributed by atoms with Gasteiger partial charge in [0.05, 0.1) is 11.4 Å². The number of anilines is 2. The molecule has 0 heterocycles. The smallest absolute Gasteiger partial charge is 0.255 e. The van der Waals surface area contributed by atoms with Gasteiger partial charge in [0.15, 0.2) is 0 Å². The largest absolute Gasteiger partial charge is 0.397 e. The Hall–Kier alpha value is -2.29. The van der Waals surface area contributed by atoms with Crippen molar-refractivity contribution in [3.05, 3.63) is 58.7 Å². The Bertz CT molecular complexity index is 607. The first-order chi connectivity index (χ1) is 9.51. The quantitative estimate of drug-likeness (QED) is 0.834. The minimum atomic E-state index is -0.133. The van der Waals surface area contributed by atoms with E-state index in [2.05, 4.69) is 12.2 Å². The molecule has 0 aliphatic carbocycles. The molecule has 20 heavy (non-hydrogen) atoms. The highest BCUT2D eigenvalue weighted by Crippen LogP contribution is 2.25. The lowest BCUT2D eigenvalue weighted by atomic mass is 10.1. The second-order valence-corrected chi connectivity index (χ2v) is 5.05. The third kappa shape index (κ3) is 2.99. The van der Waals surface area contributed by atoms with E-state index in [0.717, 1.165) is 17.5 Å². The van der Waals surface area contributed by atoms with Crippen LogP contribution in [0.4, 0.5) is 11.4 Å². The number of carbonyl (C=O) groups is 1. The number of carbonyl (C=O) groups excluding carboxylic acids is 1. The Balaban J connectivity index is 2.23. The van der Waals surface area contributed by atoms with Crippen LogP contribution in [0.15, 0.2) is 36.4 Å². The standard InChI is InChI=1S/C17H20N2O/c1-4-13-5-7-14(8-6-13)17(20)19-16-12(3)9-11(2)10-15(16)18/h5-10H,4,18H2,1-3H3,(H,19,20). The first-order valence-corrected chi connectivity index (χ1v) is 6.78. The van der Waals surface area contributed by atoms with E-state index in [1.807, 2.05) is 50.2 Å². The van der Waals surface area contributed by atoms with Gasteiger partial charge in [-0.05, 0) is 55.2 Å². The average Bonchev–Trinajstić information content (AvgIpc) is 2.42. The Morgan fingerprint density at radius 2 is 1.80 bits per heavy atom. The summed E-state index contributed by atoms with van der Waals surface area (Å²) in [7, 11) is 0. The van der Waals surface area contributed by atoms with Crippen LogP contribution < -0.4 is 11.1 Å². The Labute approximate surface area is 119 Å². The maximum atomic E-state index is 12.2. The molecule has 0 aliphatic heterocycles. The van der Waals surface area contributed by atoms with E-state index in [1.165, 1.54) is 5.56 Å². The molecular formula is C17H20N2O. The first-order valence-electron chi connectivity index (χ1n) is 6.78. The second-order valence-electron chi connectivity index (χ2n) is 5.05. The maximum absolute atomic E-state index is 12.2. The fourth-order valence-electron chi connectivity index (χ4n) is 2.25. The van der Waals surface area contributed by atoms with Crippen molar-refractivity contribution in [3.8, 4) is 0 Å². The minimum absolute atomic E-state index is 0.133. The Morgan fingerprint density at radius 3 is 2.35 bits per heavy atom. The predicted molar refractivity (Wildman–Crippen MR) is 84.1 cm³/mol. The lowest BCUT2D eigenvalue weighted by Gasteiger charge is -2.12. The van der Waals surface area contributed by atoms with Crippen molar-refractivity contribution >= 4 is 17.3 Å². The normalized spacial score (nSPS) is 10.3. The Kier molecular flexibility index (Phi) is 4.08. The fourth-order valence-corrected chi connectivity index (χ4v) is 2.25. The van der Waals surface area contributed by atoms with E-state index < -0.39 is 0 Å². The number of benzene rings is 2. The number of rotatable bonds is 3. The lowest BCUT2D eigenvalue weighted by molar-refractivity contribution is 0.102. The van der Waals surface area contributed by atoms with Crippen LogP contribution in [-0.2, 0) is 6.42 Å². The number of nitrogens with one attached hydrogen (secondary N) is 1. The third-order valence-electron chi connectivity index (χ3n) is 3.37. The summed E-state index contributed by atoms with van der Waals surface area (Å²) < 4.78 is 0. The van der Waals surface area contributed by atoms with Gasteiger partial charge < -0.3 is 11.1 Å². The SMILES string of the molecule is CCc1ccc(C(=O)Nc2c(C)cc(C)cc2N)cc1. The summed E-state index contributed by atoms with van der Waals surface area (Å²) in [5, 5.41) is 2.90. The third-order valence-corrected chi connectivity index (χ3v) is 3.37. The number of amides is 1. The molecule has 0 aromatic heterocycles. The molecule has 3 N–H and O–H groups in total. The summed E-state index contributed by atoms with van der Waals surface area (Å²) in [6, 6.07) is 11.5. The van der Waals surface area contributed by atoms with Gasteiger partial charge in [-0.1, -0.05) is 25.1 Å². The van der Waals surface area contributed by atoms with Gasteiger partial charge in [0, 0.05) is 5.56 Å². The first kappa shape index (κ1) is 14.1. The van der Waals surface area contributed by atoms with E-state index >= 15 is 0 Å². The topological polar surface area (TPSA) is 55.1 Å². The zero-order valence-electron chi connectivity index (χ0n) is 12.2. The Morgan fingerprint density at radius 1 is 1.15 bits per heavy atom. The van der Waals surface area contributed by atoms with Gasteiger partial charge in [0.1, 0.15) is 0 Å². The van der Waals surface area contributed by atoms with Crippen molar-refractivity contribution in [1.82, 2.24) is 0 Å². The van der Waals surface area contributed by atoms with Crippen molar-refractivity contribution in [1.29, 1.82) is 0 Å². The lowest BCUT2D eigenvalue weighted by Crippen LogP contribution is -2.14. The van der Waals surface area contributed by atoms with Crippen molar-refractivity contribution in [3.63, 3.8) is 0 Å². The van der Waals surface area contributed by atoms with Gasteiger partial charge in [-0.15, -0.1) is 0 Å². The van der Waals surface area contributed by atoms with E-state index in [-0.39, 0.29) is 5.91 Å². The summed E-state index contributed by atoms with van der Waals surface area (Å²) in [5.41, 5.74) is 11.2. The molecular weight excluding hydrogens is 248 g/mol. The fraction of sp³-hybridized carbons (Fsp3) is 0.235. The molecule has 0 atom stereocenters. The number of aryl methyl sites for hydroxylation is 3. The van der Waals surface area contributed by atoms with Gasteiger partial charge in [0.25, 0.3) is 5.91 Å². The van der Waals surface area contributed by atoms with Gasteiger partial charge in [-0.2, -0.15) is 0 Å². The molecule has 0 saturated heterocycles. The molecule has 2 rings (SSSR count). The summed E-state index contributed by atoms with van der Waals surface area (Å²) >= 11 is 0. The zero-order chi connectivity index (χ0) is 14.7. The van der Waals surface area contributed by atoms with Crippen molar-refractivity contribution in [2.45, 2.75) is 27.2 Å². The molecule has 0 unspecified atom stereocenters. The monoisotopic (exact) mass is 268 g/mol. The highest BCUT2D eigenvalue weighted by Gasteiger charge is 2.10. The van der Waals surface area contributed by atoms with Gasteiger partial charge in [-0.3, -0.25) is 4.79 Å². The molecule has 2 aromatic carbocycles. The highest BCUT2D eigenvalue weighted by atomic mass is 16.1. The van der Waals surface area contributed by atoms with Crippen LogP contribution in [0.5, 0.6) is 0 Å². The molecule has 0 aliphatic rings. The number of nitrogen functional groups attached to an aromatic ring is 1. The predicted octanol–water partition coefficient (Wildman–Crippen LogP) is 3.70. The molecule has 0 radical (unpaired) electrons. The summed E-state index contributed by atoms with van der Waals surface area (Å²) in [6.45, 7) is 6.02. The second kappa shape index (κ2) is 5.78. The molecule has 3 heteroatoms.